The molecule has 5 nitrogen and oxygen atoms in total. The molecule has 27 heavy (non-hydrogen) atoms. The van der Waals surface area contributed by atoms with Crippen LogP contribution in [0.4, 0.5) is 0 Å². The fourth-order valence-corrected chi connectivity index (χ4v) is 3.20. The van der Waals surface area contributed by atoms with Gasteiger partial charge in [-0.2, -0.15) is 5.10 Å². The Labute approximate surface area is 159 Å². The highest BCUT2D eigenvalue weighted by Gasteiger charge is 2.22. The summed E-state index contributed by atoms with van der Waals surface area (Å²) >= 11 is 0. The quantitative estimate of drug-likeness (QED) is 0.639. The van der Waals surface area contributed by atoms with Gasteiger partial charge in [0.25, 0.3) is 5.91 Å². The van der Waals surface area contributed by atoms with E-state index in [9.17, 15) is 4.79 Å². The van der Waals surface area contributed by atoms with Gasteiger partial charge in [-0.1, -0.05) is 12.1 Å². The fraction of sp³-hybridized carbons (Fsp3) is 0.318. The zero-order valence-electron chi connectivity index (χ0n) is 15.6. The number of benzene rings is 1. The third kappa shape index (κ3) is 4.25. The third-order valence-electron chi connectivity index (χ3n) is 5.03. The number of aromatic nitrogens is 3. The predicted molar refractivity (Wildman–Crippen MR) is 105 cm³/mol. The Bertz CT molecular complexity index is 898. The van der Waals surface area contributed by atoms with E-state index in [1.165, 1.54) is 12.8 Å². The number of carbonyl (C=O) groups is 1. The number of nitrogens with zero attached hydrogens (tertiary/aromatic N) is 4. The maximum atomic E-state index is 12.9. The Hall–Kier alpha value is -2.95. The van der Waals surface area contributed by atoms with Gasteiger partial charge in [-0.3, -0.25) is 14.5 Å². The third-order valence-corrected chi connectivity index (χ3v) is 5.03. The molecule has 0 saturated heterocycles. The van der Waals surface area contributed by atoms with E-state index in [4.69, 9.17) is 0 Å². The largest absolute Gasteiger partial charge is 0.335 e. The summed E-state index contributed by atoms with van der Waals surface area (Å²) in [6.45, 7) is 4.27. The van der Waals surface area contributed by atoms with E-state index in [2.05, 4.69) is 16.3 Å². The first kappa shape index (κ1) is 17.5. The number of pyridine rings is 1. The van der Waals surface area contributed by atoms with Gasteiger partial charge in [0, 0.05) is 49.4 Å². The lowest BCUT2D eigenvalue weighted by molar-refractivity contribution is 0.0752. The minimum atomic E-state index is 0.0466. The standard InChI is InChI=1S/C22H24N4O/c1-2-25(14-18-9-11-23-12-10-18)22(27)20-7-5-19(6-8-20)21-13-24-26(16-21)15-17-3-4-17/h5-13,16-17H,2-4,14-15H2,1H3. The van der Waals surface area contributed by atoms with Crippen molar-refractivity contribution < 1.29 is 4.79 Å². The van der Waals surface area contributed by atoms with Crippen molar-refractivity contribution in [2.24, 2.45) is 5.92 Å². The highest BCUT2D eigenvalue weighted by molar-refractivity contribution is 5.94. The molecule has 0 unspecified atom stereocenters. The van der Waals surface area contributed by atoms with Gasteiger partial charge in [-0.25, -0.2) is 0 Å². The van der Waals surface area contributed by atoms with Crippen LogP contribution in [0.2, 0.25) is 0 Å². The summed E-state index contributed by atoms with van der Waals surface area (Å²) in [5.74, 6) is 0.850. The summed E-state index contributed by atoms with van der Waals surface area (Å²) in [6.07, 6.45) is 10.1. The van der Waals surface area contributed by atoms with Crippen LogP contribution in [0.5, 0.6) is 0 Å². The van der Waals surface area contributed by atoms with Gasteiger partial charge in [0.15, 0.2) is 0 Å². The molecule has 4 rings (SSSR count). The Morgan fingerprint density at radius 1 is 1.11 bits per heavy atom. The van der Waals surface area contributed by atoms with Crippen LogP contribution in [0.25, 0.3) is 11.1 Å². The average molecular weight is 360 g/mol. The summed E-state index contributed by atoms with van der Waals surface area (Å²) in [5, 5.41) is 4.45. The minimum Gasteiger partial charge on any atom is -0.335 e. The molecule has 0 radical (unpaired) electrons. The highest BCUT2D eigenvalue weighted by Crippen LogP contribution is 2.31. The highest BCUT2D eigenvalue weighted by atomic mass is 16.2. The zero-order chi connectivity index (χ0) is 18.6. The van der Waals surface area contributed by atoms with E-state index in [1.807, 2.05) is 59.1 Å². The molecule has 1 saturated carbocycles. The van der Waals surface area contributed by atoms with Gasteiger partial charge in [-0.15, -0.1) is 0 Å². The van der Waals surface area contributed by atoms with E-state index in [-0.39, 0.29) is 5.91 Å². The van der Waals surface area contributed by atoms with Gasteiger partial charge in [0.1, 0.15) is 0 Å². The van der Waals surface area contributed by atoms with E-state index >= 15 is 0 Å². The normalized spacial score (nSPS) is 13.5. The Balaban J connectivity index is 1.45. The molecule has 2 aromatic heterocycles. The Morgan fingerprint density at radius 2 is 1.85 bits per heavy atom. The van der Waals surface area contributed by atoms with Crippen molar-refractivity contribution >= 4 is 5.91 Å². The Morgan fingerprint density at radius 3 is 2.52 bits per heavy atom. The van der Waals surface area contributed by atoms with Crippen LogP contribution in [-0.2, 0) is 13.1 Å². The fourth-order valence-electron chi connectivity index (χ4n) is 3.20. The molecule has 1 amide bonds. The molecule has 0 aliphatic heterocycles. The van der Waals surface area contributed by atoms with Crippen LogP contribution in [-0.4, -0.2) is 32.1 Å². The minimum absolute atomic E-state index is 0.0466. The molecule has 0 atom stereocenters. The van der Waals surface area contributed by atoms with Crippen molar-refractivity contribution in [3.8, 4) is 11.1 Å². The number of carbonyl (C=O) groups excluding carboxylic acids is 1. The molecule has 1 aliphatic rings. The summed E-state index contributed by atoms with van der Waals surface area (Å²) < 4.78 is 2.03. The second-order valence-electron chi connectivity index (χ2n) is 7.15. The monoisotopic (exact) mass is 360 g/mol. The zero-order valence-corrected chi connectivity index (χ0v) is 15.6. The molecular formula is C22H24N4O. The van der Waals surface area contributed by atoms with E-state index < -0.39 is 0 Å². The van der Waals surface area contributed by atoms with Crippen molar-refractivity contribution in [1.82, 2.24) is 19.7 Å². The van der Waals surface area contributed by atoms with Gasteiger partial charge >= 0.3 is 0 Å². The lowest BCUT2D eigenvalue weighted by Crippen LogP contribution is -2.30. The predicted octanol–water partition coefficient (Wildman–Crippen LogP) is 4.02. The molecule has 0 spiro atoms. The number of rotatable bonds is 7. The van der Waals surface area contributed by atoms with Crippen LogP contribution in [0.15, 0.2) is 61.2 Å². The molecule has 1 aliphatic carbocycles. The van der Waals surface area contributed by atoms with E-state index in [0.717, 1.165) is 29.2 Å². The number of hydrogen-bond donors (Lipinski definition) is 0. The lowest BCUT2D eigenvalue weighted by atomic mass is 10.1. The van der Waals surface area contributed by atoms with E-state index in [1.54, 1.807) is 12.4 Å². The van der Waals surface area contributed by atoms with Crippen LogP contribution >= 0.6 is 0 Å². The van der Waals surface area contributed by atoms with Gasteiger partial charge in [-0.05, 0) is 61.1 Å². The Kier molecular flexibility index (Phi) is 5.01. The summed E-state index contributed by atoms with van der Waals surface area (Å²) in [6, 6.07) is 11.7. The van der Waals surface area contributed by atoms with Crippen LogP contribution in [0.3, 0.4) is 0 Å². The molecule has 5 heteroatoms. The van der Waals surface area contributed by atoms with Gasteiger partial charge < -0.3 is 4.90 Å². The first-order chi connectivity index (χ1) is 13.2. The smallest absolute Gasteiger partial charge is 0.254 e. The van der Waals surface area contributed by atoms with Crippen molar-refractivity contribution in [3.05, 3.63) is 72.3 Å². The van der Waals surface area contributed by atoms with Crippen LogP contribution < -0.4 is 0 Å². The van der Waals surface area contributed by atoms with Crippen LogP contribution in [0, 0.1) is 5.92 Å². The second kappa shape index (κ2) is 7.74. The summed E-state index contributed by atoms with van der Waals surface area (Å²) in [4.78, 5) is 18.7. The van der Waals surface area contributed by atoms with Gasteiger partial charge in [0.2, 0.25) is 0 Å². The van der Waals surface area contributed by atoms with Crippen molar-refractivity contribution in [2.75, 3.05) is 6.54 Å². The van der Waals surface area contributed by atoms with Crippen molar-refractivity contribution in [3.63, 3.8) is 0 Å². The van der Waals surface area contributed by atoms with E-state index in [0.29, 0.717) is 18.7 Å². The topological polar surface area (TPSA) is 51.0 Å². The molecule has 0 N–H and O–H groups in total. The maximum Gasteiger partial charge on any atom is 0.254 e. The van der Waals surface area contributed by atoms with Gasteiger partial charge in [0.05, 0.1) is 6.20 Å². The molecule has 1 aromatic carbocycles. The second-order valence-corrected chi connectivity index (χ2v) is 7.15. The average Bonchev–Trinajstić information content (AvgIpc) is 3.41. The molecule has 2 heterocycles. The number of hydrogen-bond acceptors (Lipinski definition) is 3. The molecule has 0 bridgehead atoms. The summed E-state index contributed by atoms with van der Waals surface area (Å²) in [7, 11) is 0. The first-order valence-electron chi connectivity index (χ1n) is 9.54. The lowest BCUT2D eigenvalue weighted by Gasteiger charge is -2.21. The molecule has 1 fully saturated rings. The molecule has 3 aromatic rings. The van der Waals surface area contributed by atoms with Crippen molar-refractivity contribution in [2.45, 2.75) is 32.9 Å². The SMILES string of the molecule is CCN(Cc1ccncc1)C(=O)c1ccc(-c2cnn(CC3CC3)c2)cc1. The van der Waals surface area contributed by atoms with Crippen molar-refractivity contribution in [1.29, 1.82) is 0 Å². The van der Waals surface area contributed by atoms with Crippen LogP contribution in [0.1, 0.15) is 35.7 Å². The maximum absolute atomic E-state index is 12.9. The first-order valence-corrected chi connectivity index (χ1v) is 9.54. The summed E-state index contributed by atoms with van der Waals surface area (Å²) in [5.41, 5.74) is 3.98. The molecular weight excluding hydrogens is 336 g/mol. The number of amides is 1. The molecule has 138 valence electrons.